The largest absolute Gasteiger partial charge is 0.466 e. The molecule has 0 bridgehead atoms. The van der Waals surface area contributed by atoms with Crippen molar-refractivity contribution < 1.29 is 9.53 Å². The molecule has 0 N–H and O–H groups in total. The molecule has 68 valence electrons. The monoisotopic (exact) mass is 180 g/mol. The van der Waals surface area contributed by atoms with E-state index in [0.29, 0.717) is 13.0 Å². The van der Waals surface area contributed by atoms with Crippen molar-refractivity contribution in [1.29, 1.82) is 0 Å². The first kappa shape index (κ1) is 13.4. The lowest BCUT2D eigenvalue weighted by Crippen LogP contribution is -2.02. The molecule has 0 radical (unpaired) electrons. The zero-order valence-electron chi connectivity index (χ0n) is 7.26. The summed E-state index contributed by atoms with van der Waals surface area (Å²) in [5.74, 6) is -0.0593. The quantitative estimate of drug-likeness (QED) is 0.480. The first-order valence-corrected chi connectivity index (χ1v) is 3.96. The Morgan fingerprint density at radius 3 is 2.36 bits per heavy atom. The van der Waals surface area contributed by atoms with Crippen molar-refractivity contribution in [3.05, 3.63) is 0 Å². The lowest BCUT2D eigenvalue weighted by atomic mass is 10.2. The van der Waals surface area contributed by atoms with E-state index in [1.54, 1.807) is 0 Å². The second-order valence-electron chi connectivity index (χ2n) is 2.26. The molecule has 2 nitrogen and oxygen atoms in total. The Balaban J connectivity index is 0. The van der Waals surface area contributed by atoms with E-state index < -0.39 is 0 Å². The third kappa shape index (κ3) is 9.76. The average molecular weight is 181 g/mol. The molecule has 0 heterocycles. The predicted molar refractivity (Wildman–Crippen MR) is 48.0 cm³/mol. The Hall–Kier alpha value is -0.240. The van der Waals surface area contributed by atoms with Gasteiger partial charge in [0.2, 0.25) is 0 Å². The zero-order chi connectivity index (χ0) is 7.82. The minimum Gasteiger partial charge on any atom is -0.466 e. The van der Waals surface area contributed by atoms with Crippen molar-refractivity contribution in [3.63, 3.8) is 0 Å². The maximum Gasteiger partial charge on any atom is 0.305 e. The van der Waals surface area contributed by atoms with Gasteiger partial charge in [0.1, 0.15) is 0 Å². The van der Waals surface area contributed by atoms with Crippen molar-refractivity contribution in [1.82, 2.24) is 0 Å². The maximum absolute atomic E-state index is 10.7. The number of esters is 1. The van der Waals surface area contributed by atoms with E-state index >= 15 is 0 Å². The van der Waals surface area contributed by atoms with Gasteiger partial charge in [-0.2, -0.15) is 0 Å². The highest BCUT2D eigenvalue weighted by molar-refractivity contribution is 5.85. The topological polar surface area (TPSA) is 26.3 Å². The molecule has 0 unspecified atom stereocenters. The van der Waals surface area contributed by atoms with Crippen LogP contribution >= 0.6 is 12.4 Å². The molecule has 0 aromatic rings. The van der Waals surface area contributed by atoms with Crippen LogP contribution in [0.5, 0.6) is 0 Å². The number of rotatable bonds is 5. The average Bonchev–Trinajstić information content (AvgIpc) is 1.89. The SMILES string of the molecule is CCCCCC(=O)OCC.Cl. The van der Waals surface area contributed by atoms with Gasteiger partial charge in [-0.1, -0.05) is 19.8 Å². The molecule has 3 heteroatoms. The molecule has 0 aliphatic rings. The van der Waals surface area contributed by atoms with Gasteiger partial charge in [-0.15, -0.1) is 12.4 Å². The first-order chi connectivity index (χ1) is 4.81. The Labute approximate surface area is 74.7 Å². The number of hydrogen-bond donors (Lipinski definition) is 0. The van der Waals surface area contributed by atoms with E-state index in [4.69, 9.17) is 4.74 Å². The Morgan fingerprint density at radius 2 is 1.91 bits per heavy atom. The molecular formula is C8H17ClO2. The van der Waals surface area contributed by atoms with Crippen LogP contribution in [-0.4, -0.2) is 12.6 Å². The number of ether oxygens (including phenoxy) is 1. The number of unbranched alkanes of at least 4 members (excludes halogenated alkanes) is 2. The van der Waals surface area contributed by atoms with Crippen molar-refractivity contribution in [2.24, 2.45) is 0 Å². The summed E-state index contributed by atoms with van der Waals surface area (Å²) in [7, 11) is 0. The van der Waals surface area contributed by atoms with Crippen LogP contribution in [0.4, 0.5) is 0 Å². The fourth-order valence-corrected chi connectivity index (χ4v) is 0.752. The Morgan fingerprint density at radius 1 is 1.27 bits per heavy atom. The van der Waals surface area contributed by atoms with Gasteiger partial charge in [0.05, 0.1) is 6.61 Å². The van der Waals surface area contributed by atoms with Gasteiger partial charge in [0.25, 0.3) is 0 Å². The molecular weight excluding hydrogens is 164 g/mol. The predicted octanol–water partition coefficient (Wildman–Crippen LogP) is 2.55. The van der Waals surface area contributed by atoms with Gasteiger partial charge in [-0.05, 0) is 13.3 Å². The lowest BCUT2D eigenvalue weighted by Gasteiger charge is -1.99. The third-order valence-electron chi connectivity index (χ3n) is 1.29. The summed E-state index contributed by atoms with van der Waals surface area (Å²) >= 11 is 0. The Kier molecular flexibility index (Phi) is 11.9. The van der Waals surface area contributed by atoms with Crippen LogP contribution in [-0.2, 0) is 9.53 Å². The van der Waals surface area contributed by atoms with Crippen molar-refractivity contribution in [2.45, 2.75) is 39.5 Å². The molecule has 0 spiro atoms. The van der Waals surface area contributed by atoms with Crippen LogP contribution in [0.3, 0.4) is 0 Å². The van der Waals surface area contributed by atoms with Crippen LogP contribution in [0, 0.1) is 0 Å². The highest BCUT2D eigenvalue weighted by atomic mass is 35.5. The van der Waals surface area contributed by atoms with E-state index in [0.717, 1.165) is 19.3 Å². The van der Waals surface area contributed by atoms with E-state index in [1.807, 2.05) is 6.92 Å². The number of carbonyl (C=O) groups is 1. The van der Waals surface area contributed by atoms with Gasteiger partial charge in [0, 0.05) is 6.42 Å². The van der Waals surface area contributed by atoms with E-state index in [1.165, 1.54) is 0 Å². The lowest BCUT2D eigenvalue weighted by molar-refractivity contribution is -0.143. The Bertz CT molecular complexity index is 94.1. The summed E-state index contributed by atoms with van der Waals surface area (Å²) in [6.45, 7) is 4.45. The second-order valence-corrected chi connectivity index (χ2v) is 2.26. The van der Waals surface area contributed by atoms with E-state index in [-0.39, 0.29) is 18.4 Å². The molecule has 0 aromatic heterocycles. The van der Waals surface area contributed by atoms with E-state index in [2.05, 4.69) is 6.92 Å². The number of hydrogen-bond acceptors (Lipinski definition) is 2. The summed E-state index contributed by atoms with van der Waals surface area (Å²) < 4.78 is 4.75. The molecule has 0 fully saturated rings. The molecule has 0 saturated carbocycles. The summed E-state index contributed by atoms with van der Waals surface area (Å²) in [6.07, 6.45) is 3.83. The standard InChI is InChI=1S/C8H16O2.ClH/c1-3-5-6-7-8(9)10-4-2;/h3-7H2,1-2H3;1H. The van der Waals surface area contributed by atoms with Gasteiger partial charge in [0.15, 0.2) is 0 Å². The van der Waals surface area contributed by atoms with Gasteiger partial charge in [-0.3, -0.25) is 4.79 Å². The maximum atomic E-state index is 10.7. The van der Waals surface area contributed by atoms with Crippen LogP contribution < -0.4 is 0 Å². The van der Waals surface area contributed by atoms with Crippen LogP contribution in [0.15, 0.2) is 0 Å². The molecule has 0 atom stereocenters. The highest BCUT2D eigenvalue weighted by Crippen LogP contribution is 1.99. The minimum atomic E-state index is -0.0593. The fourth-order valence-electron chi connectivity index (χ4n) is 0.752. The molecule has 11 heavy (non-hydrogen) atoms. The van der Waals surface area contributed by atoms with Crippen LogP contribution in [0.1, 0.15) is 39.5 Å². The minimum absolute atomic E-state index is 0. The molecule has 0 amide bonds. The normalized spacial score (nSPS) is 8.55. The summed E-state index contributed by atoms with van der Waals surface area (Å²) in [6, 6.07) is 0. The van der Waals surface area contributed by atoms with Crippen LogP contribution in [0.25, 0.3) is 0 Å². The first-order valence-electron chi connectivity index (χ1n) is 3.96. The van der Waals surface area contributed by atoms with Crippen molar-refractivity contribution >= 4 is 18.4 Å². The molecule has 0 aliphatic carbocycles. The molecule has 0 rings (SSSR count). The molecule has 0 saturated heterocycles. The number of carbonyl (C=O) groups excluding carboxylic acids is 1. The molecule has 0 aromatic carbocycles. The molecule has 0 aliphatic heterocycles. The third-order valence-corrected chi connectivity index (χ3v) is 1.29. The summed E-state index contributed by atoms with van der Waals surface area (Å²) in [5.41, 5.74) is 0. The summed E-state index contributed by atoms with van der Waals surface area (Å²) in [4.78, 5) is 10.7. The highest BCUT2D eigenvalue weighted by Gasteiger charge is 1.98. The van der Waals surface area contributed by atoms with E-state index in [9.17, 15) is 4.79 Å². The second kappa shape index (κ2) is 9.76. The van der Waals surface area contributed by atoms with Crippen molar-refractivity contribution in [3.8, 4) is 0 Å². The van der Waals surface area contributed by atoms with Gasteiger partial charge >= 0.3 is 5.97 Å². The van der Waals surface area contributed by atoms with Gasteiger partial charge < -0.3 is 4.74 Å². The van der Waals surface area contributed by atoms with Crippen LogP contribution in [0.2, 0.25) is 0 Å². The van der Waals surface area contributed by atoms with Gasteiger partial charge in [-0.25, -0.2) is 0 Å². The summed E-state index contributed by atoms with van der Waals surface area (Å²) in [5, 5.41) is 0. The smallest absolute Gasteiger partial charge is 0.305 e. The number of halogens is 1. The fraction of sp³-hybridized carbons (Fsp3) is 0.875. The zero-order valence-corrected chi connectivity index (χ0v) is 8.08. The van der Waals surface area contributed by atoms with Crippen molar-refractivity contribution in [2.75, 3.05) is 6.61 Å².